The van der Waals surface area contributed by atoms with Gasteiger partial charge >= 0.3 is 5.80 Å². The van der Waals surface area contributed by atoms with E-state index in [1.54, 1.807) is 42.6 Å². The van der Waals surface area contributed by atoms with Crippen molar-refractivity contribution in [1.82, 2.24) is 14.8 Å². The maximum atomic E-state index is 13.5. The Morgan fingerprint density at radius 1 is 1.12 bits per heavy atom. The van der Waals surface area contributed by atoms with Crippen molar-refractivity contribution in [2.45, 2.75) is 68.4 Å². The summed E-state index contributed by atoms with van der Waals surface area (Å²) in [6.45, 7) is 6.36. The molecule has 0 bridgehead atoms. The fourth-order valence-electron chi connectivity index (χ4n) is 6.07. The number of hydrogen-bond donors (Lipinski definition) is 0. The molecule has 0 spiro atoms. The topological polar surface area (TPSA) is 91.2 Å². The second-order valence-corrected chi connectivity index (χ2v) is 18.8. The average molecular weight is 606 g/mol. The normalized spacial score (nSPS) is 21.5. The Hall–Kier alpha value is -2.99. The minimum absolute atomic E-state index is 0.0173. The summed E-state index contributed by atoms with van der Waals surface area (Å²) < 4.78 is 72.9. The Morgan fingerprint density at radius 2 is 1.83 bits per heavy atom. The smallest absolute Gasteiger partial charge is 0.361 e. The van der Waals surface area contributed by atoms with Gasteiger partial charge < -0.3 is 4.74 Å². The number of aromatic nitrogens is 3. The number of ether oxygens (including phenoxy) is 1. The summed E-state index contributed by atoms with van der Waals surface area (Å²) in [7, 11) is -7.06. The second-order valence-electron chi connectivity index (χ2n) is 12.2. The monoisotopic (exact) mass is 605 g/mol. The van der Waals surface area contributed by atoms with Crippen LogP contribution in [0.2, 0.25) is 18.1 Å². The lowest BCUT2D eigenvalue weighted by atomic mass is 9.78. The number of Topliss-reactive ketones (excluding diaryl/α,β-unsaturated/α-hetero) is 1. The number of halogens is 3. The Kier molecular flexibility index (Phi) is 7.69. The van der Waals surface area contributed by atoms with Crippen molar-refractivity contribution in [2.75, 3.05) is 12.4 Å². The molecule has 2 fully saturated rings. The van der Waals surface area contributed by atoms with Crippen LogP contribution in [-0.4, -0.2) is 55.2 Å². The van der Waals surface area contributed by atoms with E-state index in [0.717, 1.165) is 12.8 Å². The zero-order valence-corrected chi connectivity index (χ0v) is 25.1. The molecule has 0 radical (unpaired) electrons. The summed E-state index contributed by atoms with van der Waals surface area (Å²) in [5.74, 6) is -4.36. The van der Waals surface area contributed by atoms with E-state index in [2.05, 4.69) is 25.9 Å². The SMILES string of the molecule is C[C@@H]1CC(c2nc(-n3ccc(OCC[Si]4(C(F)(F)F)CC4)n3)ccc2C(=O)CS(=O)(=O)c2ccccc2)C(C)(C)C1. The van der Waals surface area contributed by atoms with Crippen LogP contribution in [0.25, 0.3) is 5.82 Å². The van der Waals surface area contributed by atoms with E-state index in [0.29, 0.717) is 17.4 Å². The lowest BCUT2D eigenvalue weighted by Gasteiger charge is -2.28. The van der Waals surface area contributed by atoms with Gasteiger partial charge in [-0.15, -0.1) is 5.10 Å². The number of nitrogens with zero attached hydrogens (tertiary/aromatic N) is 3. The van der Waals surface area contributed by atoms with Crippen molar-refractivity contribution in [1.29, 1.82) is 0 Å². The van der Waals surface area contributed by atoms with Crippen LogP contribution in [0.1, 0.15) is 55.6 Å². The van der Waals surface area contributed by atoms with Gasteiger partial charge in [0.15, 0.2) is 29.5 Å². The summed E-state index contributed by atoms with van der Waals surface area (Å²) in [5.41, 5.74) is 0.642. The third kappa shape index (κ3) is 6.13. The molecule has 1 saturated carbocycles. The molecule has 1 aromatic carbocycles. The number of pyridine rings is 1. The van der Waals surface area contributed by atoms with Crippen molar-refractivity contribution in [3.63, 3.8) is 0 Å². The number of ketones is 1. The van der Waals surface area contributed by atoms with Crippen molar-refractivity contribution in [3.05, 3.63) is 66.0 Å². The number of alkyl halides is 3. The molecule has 1 aliphatic heterocycles. The standard InChI is InChI=1S/C29H34F3N3O4SSi/c1-20-17-23(28(2,3)18-20)27-22(24(36)19-40(37,38)21-7-5-4-6-8-21)9-10-25(33-27)35-12-11-26(34-35)39-13-14-41(15-16-41)29(30,31)32/h4-12,20,23H,13-19H2,1-3H3/t20-,23?/m1/s1. The molecule has 12 heteroatoms. The van der Waals surface area contributed by atoms with E-state index < -0.39 is 35.2 Å². The molecule has 0 amide bonds. The third-order valence-corrected chi connectivity index (χ3v) is 14.2. The summed E-state index contributed by atoms with van der Waals surface area (Å²) in [4.78, 5) is 18.4. The van der Waals surface area contributed by atoms with Crippen molar-refractivity contribution < 1.29 is 31.1 Å². The van der Waals surface area contributed by atoms with Crippen LogP contribution < -0.4 is 4.74 Å². The van der Waals surface area contributed by atoms with Gasteiger partial charge in [-0.25, -0.2) is 18.1 Å². The summed E-state index contributed by atoms with van der Waals surface area (Å²) in [6, 6.07) is 13.2. The molecule has 3 aromatic rings. The summed E-state index contributed by atoms with van der Waals surface area (Å²) >= 11 is 0. The van der Waals surface area contributed by atoms with E-state index in [1.165, 1.54) is 16.8 Å². The van der Waals surface area contributed by atoms with Crippen LogP contribution in [0.4, 0.5) is 13.2 Å². The molecule has 2 aliphatic rings. The van der Waals surface area contributed by atoms with Crippen LogP contribution in [0.5, 0.6) is 5.88 Å². The molecule has 1 aliphatic carbocycles. The van der Waals surface area contributed by atoms with Gasteiger partial charge in [-0.05, 0) is 54.5 Å². The van der Waals surface area contributed by atoms with Gasteiger partial charge in [-0.2, -0.15) is 13.2 Å². The van der Waals surface area contributed by atoms with Crippen molar-refractivity contribution in [2.24, 2.45) is 11.3 Å². The lowest BCUT2D eigenvalue weighted by molar-refractivity contribution is -0.0539. The highest BCUT2D eigenvalue weighted by molar-refractivity contribution is 7.92. The molecule has 41 heavy (non-hydrogen) atoms. The Morgan fingerprint density at radius 3 is 2.44 bits per heavy atom. The molecule has 2 aromatic heterocycles. The first kappa shape index (κ1) is 29.5. The highest BCUT2D eigenvalue weighted by Crippen LogP contribution is 2.52. The van der Waals surface area contributed by atoms with E-state index in [4.69, 9.17) is 9.72 Å². The number of carbonyl (C=O) groups is 1. The van der Waals surface area contributed by atoms with Gasteiger partial charge in [0.05, 0.1) is 17.2 Å². The Balaban J connectivity index is 1.40. The van der Waals surface area contributed by atoms with Crippen LogP contribution in [0.15, 0.2) is 59.6 Å². The number of benzene rings is 1. The number of sulfone groups is 1. The highest BCUT2D eigenvalue weighted by Gasteiger charge is 2.65. The quantitative estimate of drug-likeness (QED) is 0.196. The molecular weight excluding hydrogens is 571 g/mol. The van der Waals surface area contributed by atoms with Crippen molar-refractivity contribution >= 4 is 23.7 Å². The van der Waals surface area contributed by atoms with E-state index in [-0.39, 0.29) is 52.4 Å². The van der Waals surface area contributed by atoms with Gasteiger partial charge in [-0.3, -0.25) is 4.79 Å². The van der Waals surface area contributed by atoms with Gasteiger partial charge in [-0.1, -0.05) is 51.1 Å². The molecule has 3 heterocycles. The summed E-state index contributed by atoms with van der Waals surface area (Å²) in [5, 5.41) is 4.36. The molecule has 5 rings (SSSR count). The molecule has 2 atom stereocenters. The van der Waals surface area contributed by atoms with Gasteiger partial charge in [0, 0.05) is 23.7 Å². The Labute approximate surface area is 239 Å². The minimum Gasteiger partial charge on any atom is -0.477 e. The van der Waals surface area contributed by atoms with E-state index >= 15 is 0 Å². The molecule has 7 nitrogen and oxygen atoms in total. The first-order valence-electron chi connectivity index (χ1n) is 13.8. The minimum atomic E-state index is -4.10. The molecule has 1 saturated heterocycles. The van der Waals surface area contributed by atoms with Crippen LogP contribution in [-0.2, 0) is 9.84 Å². The van der Waals surface area contributed by atoms with Gasteiger partial charge in [0.25, 0.3) is 0 Å². The zero-order chi connectivity index (χ0) is 29.6. The predicted molar refractivity (Wildman–Crippen MR) is 151 cm³/mol. The first-order valence-corrected chi connectivity index (χ1v) is 18.1. The zero-order valence-electron chi connectivity index (χ0n) is 23.3. The van der Waals surface area contributed by atoms with E-state index in [1.807, 2.05) is 0 Å². The van der Waals surface area contributed by atoms with Gasteiger partial charge in [0.2, 0.25) is 5.88 Å². The fraction of sp³-hybridized carbons (Fsp3) is 0.483. The lowest BCUT2D eigenvalue weighted by Crippen LogP contribution is -2.37. The molecular formula is C29H34F3N3O4SSi. The molecule has 0 N–H and O–H groups in total. The van der Waals surface area contributed by atoms with Crippen LogP contribution in [0.3, 0.4) is 0 Å². The maximum Gasteiger partial charge on any atom is 0.361 e. The average Bonchev–Trinajstić information content (AvgIpc) is 3.47. The van der Waals surface area contributed by atoms with Crippen LogP contribution >= 0.6 is 0 Å². The highest BCUT2D eigenvalue weighted by atomic mass is 32.2. The fourth-order valence-corrected chi connectivity index (χ4v) is 10.4. The first-order chi connectivity index (χ1) is 19.2. The third-order valence-electron chi connectivity index (χ3n) is 8.50. The van der Waals surface area contributed by atoms with E-state index in [9.17, 15) is 26.4 Å². The molecule has 220 valence electrons. The van der Waals surface area contributed by atoms with Crippen LogP contribution in [0, 0.1) is 11.3 Å². The summed E-state index contributed by atoms with van der Waals surface area (Å²) in [6.07, 6.45) is 3.34. The number of carbonyl (C=O) groups excluding carboxylic acids is 1. The van der Waals surface area contributed by atoms with Crippen molar-refractivity contribution in [3.8, 4) is 11.7 Å². The number of hydrogen-bond acceptors (Lipinski definition) is 6. The molecule has 1 unspecified atom stereocenters. The second kappa shape index (κ2) is 10.7. The number of rotatable bonds is 10. The largest absolute Gasteiger partial charge is 0.477 e. The van der Waals surface area contributed by atoms with Gasteiger partial charge in [0.1, 0.15) is 5.75 Å². The Bertz CT molecular complexity index is 1540. The predicted octanol–water partition coefficient (Wildman–Crippen LogP) is 6.41. The maximum absolute atomic E-state index is 13.5.